The number of rotatable bonds is 5. The summed E-state index contributed by atoms with van der Waals surface area (Å²) in [5.41, 5.74) is 3.85. The molecule has 18 heavy (non-hydrogen) atoms. The number of aryl methyl sites for hydroxylation is 1. The molecule has 0 unspecified atom stereocenters. The van der Waals surface area contributed by atoms with Gasteiger partial charge < -0.3 is 5.32 Å². The Hall–Kier alpha value is -1.41. The summed E-state index contributed by atoms with van der Waals surface area (Å²) in [7, 11) is 0. The van der Waals surface area contributed by atoms with Crippen molar-refractivity contribution in [3.8, 4) is 0 Å². The third-order valence-electron chi connectivity index (χ3n) is 2.79. The Kier molecular flexibility index (Phi) is 4.71. The maximum atomic E-state index is 3.51. The molecule has 1 nitrogen and oxygen atoms in total. The maximum absolute atomic E-state index is 3.51. The number of nitrogens with one attached hydrogen (secondary N) is 1. The van der Waals surface area contributed by atoms with Crippen molar-refractivity contribution in [2.75, 3.05) is 11.1 Å². The molecule has 0 aliphatic carbocycles. The van der Waals surface area contributed by atoms with Gasteiger partial charge >= 0.3 is 0 Å². The van der Waals surface area contributed by atoms with E-state index in [1.54, 1.807) is 0 Å². The predicted molar refractivity (Wildman–Crippen MR) is 81.3 cm³/mol. The van der Waals surface area contributed by atoms with Gasteiger partial charge in [-0.3, -0.25) is 0 Å². The third kappa shape index (κ3) is 3.54. The highest BCUT2D eigenvalue weighted by atomic mass is 32.2. The van der Waals surface area contributed by atoms with E-state index in [9.17, 15) is 0 Å². The second-order valence-electron chi connectivity index (χ2n) is 4.27. The molecular weight excluding hydrogens is 238 g/mol. The molecule has 0 amide bonds. The average molecular weight is 257 g/mol. The second-order valence-corrected chi connectivity index (χ2v) is 5.57. The second kappa shape index (κ2) is 6.50. The van der Waals surface area contributed by atoms with Crippen LogP contribution in [0.5, 0.6) is 0 Å². The molecule has 0 fully saturated rings. The van der Waals surface area contributed by atoms with Gasteiger partial charge in [0.05, 0.1) is 0 Å². The Bertz CT molecular complexity index is 491. The predicted octanol–water partition coefficient (Wildman–Crippen LogP) is 4.72. The van der Waals surface area contributed by atoms with Gasteiger partial charge in [0.1, 0.15) is 0 Å². The van der Waals surface area contributed by atoms with Gasteiger partial charge in [0.25, 0.3) is 0 Å². The van der Waals surface area contributed by atoms with Gasteiger partial charge in [-0.1, -0.05) is 48.9 Å². The minimum atomic E-state index is 0.877. The lowest BCUT2D eigenvalue weighted by Crippen LogP contribution is -2.00. The zero-order valence-electron chi connectivity index (χ0n) is 10.9. The van der Waals surface area contributed by atoms with Crippen LogP contribution in [-0.2, 0) is 6.54 Å². The fourth-order valence-electron chi connectivity index (χ4n) is 1.80. The fraction of sp³-hybridized carbons (Fsp3) is 0.250. The molecule has 0 radical (unpaired) electrons. The number of anilines is 1. The number of benzene rings is 2. The largest absolute Gasteiger partial charge is 0.380 e. The Morgan fingerprint density at radius 3 is 2.44 bits per heavy atom. The van der Waals surface area contributed by atoms with Crippen molar-refractivity contribution < 1.29 is 0 Å². The molecule has 0 heterocycles. The van der Waals surface area contributed by atoms with E-state index in [2.05, 4.69) is 67.7 Å². The Morgan fingerprint density at radius 1 is 1.00 bits per heavy atom. The van der Waals surface area contributed by atoms with Crippen molar-refractivity contribution in [1.82, 2.24) is 0 Å². The number of hydrogen-bond donors (Lipinski definition) is 1. The zero-order chi connectivity index (χ0) is 12.8. The summed E-state index contributed by atoms with van der Waals surface area (Å²) in [4.78, 5) is 1.33. The molecule has 0 aliphatic rings. The van der Waals surface area contributed by atoms with Gasteiger partial charge in [0, 0.05) is 17.1 Å². The van der Waals surface area contributed by atoms with Crippen LogP contribution < -0.4 is 5.32 Å². The van der Waals surface area contributed by atoms with Crippen molar-refractivity contribution >= 4 is 17.4 Å². The monoisotopic (exact) mass is 257 g/mol. The first kappa shape index (κ1) is 13.0. The molecule has 0 saturated carbocycles. The first-order valence-corrected chi connectivity index (χ1v) is 7.29. The van der Waals surface area contributed by atoms with E-state index in [0.717, 1.165) is 12.3 Å². The summed E-state index contributed by atoms with van der Waals surface area (Å²) >= 11 is 1.88. The Balaban J connectivity index is 2.03. The van der Waals surface area contributed by atoms with Crippen molar-refractivity contribution in [2.24, 2.45) is 0 Å². The van der Waals surface area contributed by atoms with Crippen LogP contribution in [0.15, 0.2) is 53.4 Å². The molecule has 0 bridgehead atoms. The molecule has 2 heteroatoms. The van der Waals surface area contributed by atoms with Crippen LogP contribution in [0.1, 0.15) is 18.1 Å². The van der Waals surface area contributed by atoms with Crippen molar-refractivity contribution in [3.05, 3.63) is 59.7 Å². The highest BCUT2D eigenvalue weighted by Gasteiger charge is 2.00. The van der Waals surface area contributed by atoms with E-state index >= 15 is 0 Å². The quantitative estimate of drug-likeness (QED) is 0.778. The van der Waals surface area contributed by atoms with Crippen LogP contribution in [0.25, 0.3) is 0 Å². The summed E-state index contributed by atoms with van der Waals surface area (Å²) in [6.45, 7) is 5.17. The van der Waals surface area contributed by atoms with Crippen LogP contribution >= 0.6 is 11.8 Å². The summed E-state index contributed by atoms with van der Waals surface area (Å²) < 4.78 is 0. The standard InChI is InChI=1S/C16H19NS/c1-3-18-16-7-5-4-6-15(16)17-12-14-10-8-13(2)9-11-14/h4-11,17H,3,12H2,1-2H3. The molecule has 1 N–H and O–H groups in total. The highest BCUT2D eigenvalue weighted by Crippen LogP contribution is 2.26. The van der Waals surface area contributed by atoms with E-state index in [1.165, 1.54) is 21.7 Å². The van der Waals surface area contributed by atoms with E-state index in [-0.39, 0.29) is 0 Å². The molecule has 0 saturated heterocycles. The van der Waals surface area contributed by atoms with E-state index in [1.807, 2.05) is 11.8 Å². The number of hydrogen-bond acceptors (Lipinski definition) is 2. The van der Waals surface area contributed by atoms with Gasteiger partial charge in [-0.2, -0.15) is 0 Å². The number of thioether (sulfide) groups is 1. The lowest BCUT2D eigenvalue weighted by Gasteiger charge is -2.11. The fourth-order valence-corrected chi connectivity index (χ4v) is 2.58. The minimum absolute atomic E-state index is 0.877. The van der Waals surface area contributed by atoms with Crippen LogP contribution in [0.4, 0.5) is 5.69 Å². The third-order valence-corrected chi connectivity index (χ3v) is 3.75. The maximum Gasteiger partial charge on any atom is 0.0481 e. The van der Waals surface area contributed by atoms with E-state index in [4.69, 9.17) is 0 Å². The molecule has 0 spiro atoms. The summed E-state index contributed by atoms with van der Waals surface area (Å²) in [5.74, 6) is 1.10. The smallest absolute Gasteiger partial charge is 0.0481 e. The van der Waals surface area contributed by atoms with Crippen LogP contribution in [0.3, 0.4) is 0 Å². The topological polar surface area (TPSA) is 12.0 Å². The van der Waals surface area contributed by atoms with Crippen molar-refractivity contribution in [3.63, 3.8) is 0 Å². The Morgan fingerprint density at radius 2 is 1.72 bits per heavy atom. The van der Waals surface area contributed by atoms with Gasteiger partial charge in [-0.05, 0) is 30.4 Å². The molecule has 2 aromatic carbocycles. The van der Waals surface area contributed by atoms with Crippen molar-refractivity contribution in [2.45, 2.75) is 25.3 Å². The Labute approximate surface area is 114 Å². The van der Waals surface area contributed by atoms with E-state index < -0.39 is 0 Å². The molecule has 2 aromatic rings. The van der Waals surface area contributed by atoms with Crippen LogP contribution in [0, 0.1) is 6.92 Å². The normalized spacial score (nSPS) is 10.3. The van der Waals surface area contributed by atoms with Gasteiger partial charge in [-0.25, -0.2) is 0 Å². The summed E-state index contributed by atoms with van der Waals surface area (Å²) in [6, 6.07) is 17.2. The lowest BCUT2D eigenvalue weighted by molar-refractivity contribution is 1.13. The first-order chi connectivity index (χ1) is 8.79. The summed E-state index contributed by atoms with van der Waals surface area (Å²) in [5, 5.41) is 3.51. The lowest BCUT2D eigenvalue weighted by atomic mass is 10.1. The molecule has 2 rings (SSSR count). The van der Waals surface area contributed by atoms with Gasteiger partial charge in [0.2, 0.25) is 0 Å². The van der Waals surface area contributed by atoms with Crippen molar-refractivity contribution in [1.29, 1.82) is 0 Å². The zero-order valence-corrected chi connectivity index (χ0v) is 11.8. The molecule has 94 valence electrons. The average Bonchev–Trinajstić information content (AvgIpc) is 2.40. The molecule has 0 aromatic heterocycles. The van der Waals surface area contributed by atoms with Crippen LogP contribution in [-0.4, -0.2) is 5.75 Å². The highest BCUT2D eigenvalue weighted by molar-refractivity contribution is 7.99. The molecule has 0 aliphatic heterocycles. The molecular formula is C16H19NS. The SMILES string of the molecule is CCSc1ccccc1NCc1ccc(C)cc1. The molecule has 0 atom stereocenters. The van der Waals surface area contributed by atoms with Gasteiger partial charge in [0.15, 0.2) is 0 Å². The van der Waals surface area contributed by atoms with Gasteiger partial charge in [-0.15, -0.1) is 11.8 Å². The van der Waals surface area contributed by atoms with E-state index in [0.29, 0.717) is 0 Å². The first-order valence-electron chi connectivity index (χ1n) is 6.31. The van der Waals surface area contributed by atoms with Crippen LogP contribution in [0.2, 0.25) is 0 Å². The summed E-state index contributed by atoms with van der Waals surface area (Å²) in [6.07, 6.45) is 0. The minimum Gasteiger partial charge on any atom is -0.380 e. The number of para-hydroxylation sites is 1.